The normalized spacial score (nSPS) is 10.1. The van der Waals surface area contributed by atoms with Crippen molar-refractivity contribution in [3.05, 3.63) is 34.2 Å². The van der Waals surface area contributed by atoms with Crippen LogP contribution in [0.5, 0.6) is 0 Å². The lowest BCUT2D eigenvalue weighted by molar-refractivity contribution is 0.0937. The molecule has 0 saturated heterocycles. The molecule has 1 N–H and O–H groups in total. The van der Waals surface area contributed by atoms with Crippen molar-refractivity contribution in [1.29, 1.82) is 5.26 Å². The number of nitrogens with zero attached hydrogens (tertiary/aromatic N) is 2. The van der Waals surface area contributed by atoms with Crippen molar-refractivity contribution in [3.63, 3.8) is 0 Å². The Morgan fingerprint density at radius 2 is 2.27 bits per heavy atom. The molecule has 2 rings (SSSR count). The van der Waals surface area contributed by atoms with Crippen LogP contribution in [0.1, 0.15) is 17.3 Å². The number of benzene rings is 1. The third-order valence-corrected chi connectivity index (χ3v) is 2.13. The predicted octanol–water partition coefficient (Wildman–Crippen LogP) is 0.861. The molecule has 0 bridgehead atoms. The number of H-pyrrole nitrogens is 1. The van der Waals surface area contributed by atoms with E-state index in [1.165, 1.54) is 13.0 Å². The smallest absolute Gasteiger partial charge is 0.305 e. The summed E-state index contributed by atoms with van der Waals surface area (Å²) in [5, 5.41) is 8.67. The van der Waals surface area contributed by atoms with Gasteiger partial charge in [0.1, 0.15) is 0 Å². The van der Waals surface area contributed by atoms with Crippen molar-refractivity contribution in [3.8, 4) is 6.07 Å². The first kappa shape index (κ1) is 9.21. The van der Waals surface area contributed by atoms with Gasteiger partial charge in [0.25, 0.3) is 0 Å². The summed E-state index contributed by atoms with van der Waals surface area (Å²) in [7, 11) is 0. The largest absolute Gasteiger partial charge is 0.333 e. The first-order chi connectivity index (χ1) is 7.13. The van der Waals surface area contributed by atoms with Crippen molar-refractivity contribution in [2.24, 2.45) is 0 Å². The van der Waals surface area contributed by atoms with Gasteiger partial charge in [-0.05, 0) is 18.2 Å². The maximum atomic E-state index is 11.4. The number of carbonyl (C=O) groups excluding carboxylic acids is 1. The molecule has 0 aliphatic heterocycles. The molecule has 0 saturated carbocycles. The number of hydrogen-bond donors (Lipinski definition) is 1. The highest BCUT2D eigenvalue weighted by atomic mass is 16.2. The highest BCUT2D eigenvalue weighted by Crippen LogP contribution is 2.11. The SMILES string of the molecule is CC(=O)n1c(=O)[nH]c2cc(C#N)ccc21. The van der Waals surface area contributed by atoms with Gasteiger partial charge in [0.2, 0.25) is 5.91 Å². The van der Waals surface area contributed by atoms with Crippen LogP contribution in [0.3, 0.4) is 0 Å². The van der Waals surface area contributed by atoms with Gasteiger partial charge >= 0.3 is 5.69 Å². The van der Waals surface area contributed by atoms with Crippen molar-refractivity contribution in [2.75, 3.05) is 0 Å². The molecular weight excluding hydrogens is 194 g/mol. The van der Waals surface area contributed by atoms with Gasteiger partial charge in [-0.2, -0.15) is 5.26 Å². The average Bonchev–Trinajstić information content (AvgIpc) is 2.52. The first-order valence-electron chi connectivity index (χ1n) is 4.29. The third kappa shape index (κ3) is 1.32. The van der Waals surface area contributed by atoms with Gasteiger partial charge in [-0.3, -0.25) is 4.79 Å². The fourth-order valence-corrected chi connectivity index (χ4v) is 1.49. The second-order valence-corrected chi connectivity index (χ2v) is 3.13. The number of carbonyl (C=O) groups is 1. The number of imidazole rings is 1. The molecular formula is C10H7N3O2. The number of nitrogens with one attached hydrogen (secondary N) is 1. The molecule has 0 spiro atoms. The molecule has 0 unspecified atom stereocenters. The fourth-order valence-electron chi connectivity index (χ4n) is 1.49. The average molecular weight is 201 g/mol. The monoisotopic (exact) mass is 201 g/mol. The minimum absolute atomic E-state index is 0.351. The second kappa shape index (κ2) is 3.10. The number of aromatic amines is 1. The summed E-state index contributed by atoms with van der Waals surface area (Å²) in [6.07, 6.45) is 0. The van der Waals surface area contributed by atoms with Crippen molar-refractivity contribution in [1.82, 2.24) is 9.55 Å². The molecule has 5 nitrogen and oxygen atoms in total. The Morgan fingerprint density at radius 1 is 1.53 bits per heavy atom. The molecule has 0 aliphatic carbocycles. The van der Waals surface area contributed by atoms with E-state index in [1.807, 2.05) is 6.07 Å². The lowest BCUT2D eigenvalue weighted by Gasteiger charge is -1.95. The summed E-state index contributed by atoms with van der Waals surface area (Å²) < 4.78 is 1.04. The van der Waals surface area contributed by atoms with Crippen molar-refractivity contribution in [2.45, 2.75) is 6.92 Å². The Labute approximate surface area is 84.6 Å². The number of rotatable bonds is 0. The van der Waals surface area contributed by atoms with Gasteiger partial charge in [0, 0.05) is 6.92 Å². The highest BCUT2D eigenvalue weighted by Gasteiger charge is 2.09. The Kier molecular flexibility index (Phi) is 1.90. The van der Waals surface area contributed by atoms with Gasteiger partial charge in [-0.25, -0.2) is 9.36 Å². The van der Waals surface area contributed by atoms with Crippen LogP contribution in [-0.4, -0.2) is 15.5 Å². The van der Waals surface area contributed by atoms with Gasteiger partial charge in [0.15, 0.2) is 0 Å². The van der Waals surface area contributed by atoms with Crippen molar-refractivity contribution >= 4 is 16.9 Å². The molecule has 5 heteroatoms. The summed E-state index contributed by atoms with van der Waals surface area (Å²) in [6.45, 7) is 1.31. The first-order valence-corrected chi connectivity index (χ1v) is 4.29. The Bertz CT molecular complexity index is 643. The maximum Gasteiger partial charge on any atom is 0.333 e. The molecule has 74 valence electrons. The van der Waals surface area contributed by atoms with Crippen LogP contribution in [0.25, 0.3) is 11.0 Å². The molecule has 2 aromatic rings. The minimum Gasteiger partial charge on any atom is -0.305 e. The fraction of sp³-hybridized carbons (Fsp3) is 0.100. The summed E-state index contributed by atoms with van der Waals surface area (Å²) in [4.78, 5) is 25.1. The van der Waals surface area contributed by atoms with E-state index in [0.717, 1.165) is 4.57 Å². The topological polar surface area (TPSA) is 78.7 Å². The van der Waals surface area contributed by atoms with E-state index in [4.69, 9.17) is 5.26 Å². The lowest BCUT2D eigenvalue weighted by atomic mass is 10.2. The van der Waals surface area contributed by atoms with E-state index in [-0.39, 0.29) is 5.91 Å². The van der Waals surface area contributed by atoms with Crippen LogP contribution >= 0.6 is 0 Å². The Morgan fingerprint density at radius 3 is 2.87 bits per heavy atom. The molecule has 0 atom stereocenters. The van der Waals surface area contributed by atoms with Crippen LogP contribution < -0.4 is 5.69 Å². The van der Waals surface area contributed by atoms with Gasteiger partial charge in [0.05, 0.1) is 22.7 Å². The third-order valence-electron chi connectivity index (χ3n) is 2.13. The van der Waals surface area contributed by atoms with Crippen LogP contribution in [0.4, 0.5) is 0 Å². The Balaban J connectivity index is 2.87. The Hall–Kier alpha value is -2.35. The van der Waals surface area contributed by atoms with Crippen LogP contribution in [0.15, 0.2) is 23.0 Å². The predicted molar refractivity (Wildman–Crippen MR) is 53.6 cm³/mol. The maximum absolute atomic E-state index is 11.4. The van der Waals surface area contributed by atoms with E-state index in [1.54, 1.807) is 12.1 Å². The standard InChI is InChI=1S/C10H7N3O2/c1-6(14)13-9-3-2-7(5-11)4-8(9)12-10(13)15/h2-4H,1H3,(H,12,15). The number of aromatic nitrogens is 2. The highest BCUT2D eigenvalue weighted by molar-refractivity contribution is 5.89. The molecule has 15 heavy (non-hydrogen) atoms. The minimum atomic E-state index is -0.479. The van der Waals surface area contributed by atoms with Gasteiger partial charge in [-0.1, -0.05) is 0 Å². The lowest BCUT2D eigenvalue weighted by Crippen LogP contribution is -2.21. The zero-order chi connectivity index (χ0) is 11.0. The van der Waals surface area contributed by atoms with Gasteiger partial charge < -0.3 is 4.98 Å². The quantitative estimate of drug-likeness (QED) is 0.686. The van der Waals surface area contributed by atoms with Crippen LogP contribution in [0.2, 0.25) is 0 Å². The molecule has 1 aromatic heterocycles. The number of fused-ring (bicyclic) bond motifs is 1. The summed E-state index contributed by atoms with van der Waals surface area (Å²) in [5.41, 5.74) is 0.952. The van der Waals surface area contributed by atoms with Crippen LogP contribution in [0, 0.1) is 11.3 Å². The van der Waals surface area contributed by atoms with Crippen LogP contribution in [-0.2, 0) is 0 Å². The zero-order valence-corrected chi connectivity index (χ0v) is 7.94. The molecule has 0 fully saturated rings. The number of hydrogen-bond acceptors (Lipinski definition) is 3. The molecule has 0 radical (unpaired) electrons. The summed E-state index contributed by atoms with van der Waals surface area (Å²) >= 11 is 0. The van der Waals surface area contributed by atoms with E-state index >= 15 is 0 Å². The molecule has 1 heterocycles. The second-order valence-electron chi connectivity index (χ2n) is 3.13. The zero-order valence-electron chi connectivity index (χ0n) is 7.94. The van der Waals surface area contributed by atoms with Gasteiger partial charge in [-0.15, -0.1) is 0 Å². The summed E-state index contributed by atoms with van der Waals surface area (Å²) in [5.74, 6) is -0.351. The molecule has 1 aromatic carbocycles. The number of nitriles is 1. The van der Waals surface area contributed by atoms with Crippen molar-refractivity contribution < 1.29 is 4.79 Å². The van der Waals surface area contributed by atoms with E-state index < -0.39 is 5.69 Å². The summed E-state index contributed by atoms with van der Waals surface area (Å²) in [6, 6.07) is 6.64. The van der Waals surface area contributed by atoms with E-state index in [0.29, 0.717) is 16.6 Å². The molecule has 0 aliphatic rings. The molecule has 0 amide bonds. The van der Waals surface area contributed by atoms with E-state index in [2.05, 4.69) is 4.98 Å². The van der Waals surface area contributed by atoms with E-state index in [9.17, 15) is 9.59 Å².